The molecular formula is C13H13ClN2O2S. The average Bonchev–Trinajstić information content (AvgIpc) is 2.89. The van der Waals surface area contributed by atoms with E-state index in [0.29, 0.717) is 10.7 Å². The normalized spacial score (nSPS) is 12.1. The van der Waals surface area contributed by atoms with Crippen molar-refractivity contribution in [3.05, 3.63) is 55.7 Å². The van der Waals surface area contributed by atoms with Crippen molar-refractivity contribution in [2.75, 3.05) is 5.32 Å². The molecule has 1 atom stereocenters. The van der Waals surface area contributed by atoms with Gasteiger partial charge in [-0.2, -0.15) is 0 Å². The Hall–Kier alpha value is -1.59. The van der Waals surface area contributed by atoms with E-state index in [0.717, 1.165) is 11.3 Å². The third-order valence-corrected chi connectivity index (χ3v) is 4.00. The van der Waals surface area contributed by atoms with Crippen molar-refractivity contribution >= 4 is 34.3 Å². The highest BCUT2D eigenvalue weighted by Gasteiger charge is 2.18. The van der Waals surface area contributed by atoms with Crippen LogP contribution in [0.4, 0.5) is 11.4 Å². The zero-order valence-electron chi connectivity index (χ0n) is 10.3. The summed E-state index contributed by atoms with van der Waals surface area (Å²) in [6, 6.07) is 8.58. The lowest BCUT2D eigenvalue weighted by Gasteiger charge is -2.17. The van der Waals surface area contributed by atoms with Crippen LogP contribution in [0.5, 0.6) is 0 Å². The molecular weight excluding hydrogens is 284 g/mol. The van der Waals surface area contributed by atoms with Crippen LogP contribution in [0, 0.1) is 10.1 Å². The number of thiophene rings is 1. The van der Waals surface area contributed by atoms with Gasteiger partial charge in [-0.1, -0.05) is 24.6 Å². The summed E-state index contributed by atoms with van der Waals surface area (Å²) in [5.41, 5.74) is 0.497. The first-order valence-electron chi connectivity index (χ1n) is 5.85. The van der Waals surface area contributed by atoms with Crippen LogP contribution in [0.1, 0.15) is 24.3 Å². The van der Waals surface area contributed by atoms with E-state index in [4.69, 9.17) is 11.6 Å². The molecule has 0 aliphatic carbocycles. The number of nitro benzene ring substituents is 1. The number of nitrogens with one attached hydrogen (secondary N) is 1. The van der Waals surface area contributed by atoms with E-state index in [9.17, 15) is 10.1 Å². The van der Waals surface area contributed by atoms with Crippen molar-refractivity contribution in [1.29, 1.82) is 0 Å². The quantitative estimate of drug-likeness (QED) is 0.632. The van der Waals surface area contributed by atoms with Gasteiger partial charge in [0.25, 0.3) is 5.69 Å². The van der Waals surface area contributed by atoms with Gasteiger partial charge in [0.15, 0.2) is 0 Å². The predicted molar refractivity (Wildman–Crippen MR) is 79.1 cm³/mol. The van der Waals surface area contributed by atoms with Crippen LogP contribution in [0.15, 0.2) is 35.7 Å². The SMILES string of the molecule is CCC(Nc1cc(Cl)ccc1[N+](=O)[O-])c1cccs1. The van der Waals surface area contributed by atoms with Gasteiger partial charge in [0.05, 0.1) is 11.0 Å². The van der Waals surface area contributed by atoms with Gasteiger partial charge < -0.3 is 5.32 Å². The second-order valence-electron chi connectivity index (χ2n) is 4.04. The summed E-state index contributed by atoms with van der Waals surface area (Å²) in [6.07, 6.45) is 0.837. The molecule has 1 aromatic heterocycles. The molecule has 0 aliphatic rings. The fourth-order valence-electron chi connectivity index (χ4n) is 1.83. The van der Waals surface area contributed by atoms with E-state index in [-0.39, 0.29) is 11.7 Å². The minimum atomic E-state index is -0.403. The number of hydrogen-bond donors (Lipinski definition) is 1. The van der Waals surface area contributed by atoms with E-state index < -0.39 is 4.92 Å². The van der Waals surface area contributed by atoms with Crippen molar-refractivity contribution in [2.45, 2.75) is 19.4 Å². The van der Waals surface area contributed by atoms with Gasteiger partial charge in [0.1, 0.15) is 5.69 Å². The molecule has 0 saturated carbocycles. The minimum absolute atomic E-state index is 0.0411. The summed E-state index contributed by atoms with van der Waals surface area (Å²) in [5, 5.41) is 16.7. The van der Waals surface area contributed by atoms with Crippen molar-refractivity contribution in [3.8, 4) is 0 Å². The van der Waals surface area contributed by atoms with Crippen molar-refractivity contribution in [2.24, 2.45) is 0 Å². The lowest BCUT2D eigenvalue weighted by molar-refractivity contribution is -0.384. The predicted octanol–water partition coefficient (Wildman–Crippen LogP) is 4.87. The molecule has 0 saturated heterocycles. The molecule has 0 radical (unpaired) electrons. The van der Waals surface area contributed by atoms with E-state index in [2.05, 4.69) is 5.32 Å². The average molecular weight is 297 g/mol. The van der Waals surface area contributed by atoms with E-state index >= 15 is 0 Å². The molecule has 0 spiro atoms. The zero-order valence-corrected chi connectivity index (χ0v) is 11.9. The number of nitro groups is 1. The first-order chi connectivity index (χ1) is 9.11. The Kier molecular flexibility index (Phi) is 4.39. The summed E-state index contributed by atoms with van der Waals surface area (Å²) in [7, 11) is 0. The maximum absolute atomic E-state index is 11.0. The molecule has 0 amide bonds. The molecule has 100 valence electrons. The monoisotopic (exact) mass is 296 g/mol. The molecule has 6 heteroatoms. The zero-order chi connectivity index (χ0) is 13.8. The molecule has 1 unspecified atom stereocenters. The summed E-state index contributed by atoms with van der Waals surface area (Å²) < 4.78 is 0. The number of nitrogens with zero attached hydrogens (tertiary/aromatic N) is 1. The lowest BCUT2D eigenvalue weighted by atomic mass is 10.1. The number of rotatable bonds is 5. The third kappa shape index (κ3) is 3.24. The van der Waals surface area contributed by atoms with Gasteiger partial charge in [-0.05, 0) is 30.0 Å². The Balaban J connectivity index is 2.31. The van der Waals surface area contributed by atoms with Gasteiger partial charge in [-0.15, -0.1) is 11.3 Å². The summed E-state index contributed by atoms with van der Waals surface area (Å²) in [6.45, 7) is 2.04. The fourth-order valence-corrected chi connectivity index (χ4v) is 2.87. The van der Waals surface area contributed by atoms with Crippen LogP contribution in [0.3, 0.4) is 0 Å². The highest BCUT2D eigenvalue weighted by molar-refractivity contribution is 7.10. The van der Waals surface area contributed by atoms with Gasteiger partial charge in [-0.3, -0.25) is 10.1 Å². The molecule has 0 bridgehead atoms. The van der Waals surface area contributed by atoms with Crippen LogP contribution < -0.4 is 5.32 Å². The van der Waals surface area contributed by atoms with Crippen molar-refractivity contribution < 1.29 is 4.92 Å². The first-order valence-corrected chi connectivity index (χ1v) is 7.11. The highest BCUT2D eigenvalue weighted by atomic mass is 35.5. The first kappa shape index (κ1) is 13.8. The fraction of sp³-hybridized carbons (Fsp3) is 0.231. The van der Waals surface area contributed by atoms with Crippen LogP contribution >= 0.6 is 22.9 Å². The minimum Gasteiger partial charge on any atom is -0.372 e. The molecule has 0 aliphatic heterocycles. The van der Waals surface area contributed by atoms with Crippen molar-refractivity contribution in [1.82, 2.24) is 0 Å². The molecule has 2 aromatic rings. The summed E-state index contributed by atoms with van der Waals surface area (Å²) >= 11 is 7.54. The van der Waals surface area contributed by atoms with Gasteiger partial charge in [-0.25, -0.2) is 0 Å². The topological polar surface area (TPSA) is 55.2 Å². The van der Waals surface area contributed by atoms with Crippen LogP contribution in [-0.2, 0) is 0 Å². The number of hydrogen-bond acceptors (Lipinski definition) is 4. The van der Waals surface area contributed by atoms with Gasteiger partial charge >= 0.3 is 0 Å². The Labute approximate surface area is 120 Å². The standard InChI is InChI=1S/C13H13ClN2O2S/c1-2-10(13-4-3-7-19-13)15-11-8-9(14)5-6-12(11)16(17)18/h3-8,10,15H,2H2,1H3. The van der Waals surface area contributed by atoms with E-state index in [1.165, 1.54) is 12.1 Å². The Morgan fingerprint density at radius 3 is 2.84 bits per heavy atom. The second-order valence-corrected chi connectivity index (χ2v) is 5.45. The number of benzene rings is 1. The molecule has 1 aromatic carbocycles. The summed E-state index contributed by atoms with van der Waals surface area (Å²) in [5.74, 6) is 0. The largest absolute Gasteiger partial charge is 0.372 e. The summed E-state index contributed by atoms with van der Waals surface area (Å²) in [4.78, 5) is 11.8. The van der Waals surface area contributed by atoms with E-state index in [1.54, 1.807) is 17.4 Å². The maximum atomic E-state index is 11.0. The Morgan fingerprint density at radius 1 is 1.47 bits per heavy atom. The second kappa shape index (κ2) is 6.04. The third-order valence-electron chi connectivity index (χ3n) is 2.78. The van der Waals surface area contributed by atoms with Crippen LogP contribution in [0.2, 0.25) is 5.02 Å². The maximum Gasteiger partial charge on any atom is 0.292 e. The van der Waals surface area contributed by atoms with Gasteiger partial charge in [0.2, 0.25) is 0 Å². The number of halogens is 1. The molecule has 19 heavy (non-hydrogen) atoms. The van der Waals surface area contributed by atoms with Crippen LogP contribution in [0.25, 0.3) is 0 Å². The van der Waals surface area contributed by atoms with Crippen molar-refractivity contribution in [3.63, 3.8) is 0 Å². The molecule has 2 rings (SSSR count). The molecule has 4 nitrogen and oxygen atoms in total. The molecule has 1 N–H and O–H groups in total. The molecule has 0 fully saturated rings. The van der Waals surface area contributed by atoms with Gasteiger partial charge in [0, 0.05) is 16.0 Å². The van der Waals surface area contributed by atoms with E-state index in [1.807, 2.05) is 24.4 Å². The smallest absolute Gasteiger partial charge is 0.292 e. The lowest BCUT2D eigenvalue weighted by Crippen LogP contribution is -2.09. The highest BCUT2D eigenvalue weighted by Crippen LogP contribution is 2.33. The van der Waals surface area contributed by atoms with Crippen LogP contribution in [-0.4, -0.2) is 4.92 Å². The number of anilines is 1. The Morgan fingerprint density at radius 2 is 2.26 bits per heavy atom. The Bertz CT molecular complexity index is 572. The molecule has 1 heterocycles.